The molecule has 0 radical (unpaired) electrons. The number of methoxy groups -OCH3 is 1. The van der Waals surface area contributed by atoms with E-state index < -0.39 is 23.6 Å². The van der Waals surface area contributed by atoms with E-state index in [1.54, 1.807) is 39.2 Å². The fourth-order valence-electron chi connectivity index (χ4n) is 3.04. The zero-order valence-corrected chi connectivity index (χ0v) is 18.0. The zero-order valence-electron chi connectivity index (χ0n) is 17.1. The summed E-state index contributed by atoms with van der Waals surface area (Å²) in [4.78, 5) is 36.6. The van der Waals surface area contributed by atoms with Crippen LogP contribution in [0.3, 0.4) is 0 Å². The van der Waals surface area contributed by atoms with Crippen molar-refractivity contribution in [2.24, 2.45) is 0 Å². The molecule has 0 spiro atoms. The van der Waals surface area contributed by atoms with Crippen molar-refractivity contribution in [2.45, 2.75) is 31.9 Å². The SMILES string of the molecule is COC(=O)c1c(N)nn(C(=O)C(C)Oc2cc3c(C)cc(=O)oc3cc2C)c1SC. The smallest absolute Gasteiger partial charge is 0.344 e. The fourth-order valence-corrected chi connectivity index (χ4v) is 3.73. The second kappa shape index (κ2) is 8.23. The van der Waals surface area contributed by atoms with Gasteiger partial charge in [0, 0.05) is 11.5 Å². The molecule has 2 aromatic heterocycles. The van der Waals surface area contributed by atoms with Crippen molar-refractivity contribution >= 4 is 40.4 Å². The number of nitrogens with zero attached hydrogens (tertiary/aromatic N) is 2. The van der Waals surface area contributed by atoms with E-state index in [9.17, 15) is 14.4 Å². The topological polar surface area (TPSA) is 127 Å². The highest BCUT2D eigenvalue weighted by Crippen LogP contribution is 2.29. The van der Waals surface area contributed by atoms with Crippen LogP contribution in [0.5, 0.6) is 5.75 Å². The Bertz CT molecular complexity index is 1210. The second-order valence-electron chi connectivity index (χ2n) is 6.63. The first kappa shape index (κ1) is 21.4. The summed E-state index contributed by atoms with van der Waals surface area (Å²) in [5, 5.41) is 4.98. The van der Waals surface area contributed by atoms with Gasteiger partial charge in [-0.25, -0.2) is 9.59 Å². The summed E-state index contributed by atoms with van der Waals surface area (Å²) in [6.45, 7) is 5.14. The lowest BCUT2D eigenvalue weighted by atomic mass is 10.1. The largest absolute Gasteiger partial charge is 0.481 e. The molecule has 0 aliphatic heterocycles. The number of hydrogen-bond donors (Lipinski definition) is 1. The van der Waals surface area contributed by atoms with Crippen LogP contribution < -0.4 is 16.1 Å². The third kappa shape index (κ3) is 3.78. The van der Waals surface area contributed by atoms with Crippen molar-refractivity contribution in [1.29, 1.82) is 0 Å². The summed E-state index contributed by atoms with van der Waals surface area (Å²) in [7, 11) is 1.23. The molecule has 0 saturated heterocycles. The number of fused-ring (bicyclic) bond motifs is 1. The number of aryl methyl sites for hydroxylation is 2. The number of ether oxygens (including phenoxy) is 2. The number of anilines is 1. The molecule has 0 aliphatic rings. The number of nitrogens with two attached hydrogens (primary N) is 1. The minimum atomic E-state index is -0.937. The van der Waals surface area contributed by atoms with E-state index in [1.807, 2.05) is 0 Å². The summed E-state index contributed by atoms with van der Waals surface area (Å²) in [5.74, 6) is -0.817. The first-order valence-electron chi connectivity index (χ1n) is 8.94. The van der Waals surface area contributed by atoms with Gasteiger partial charge in [0.25, 0.3) is 5.91 Å². The highest BCUT2D eigenvalue weighted by molar-refractivity contribution is 7.98. The van der Waals surface area contributed by atoms with Gasteiger partial charge in [-0.1, -0.05) is 0 Å². The highest BCUT2D eigenvalue weighted by atomic mass is 32.2. The number of rotatable bonds is 5. The van der Waals surface area contributed by atoms with Crippen molar-refractivity contribution in [3.63, 3.8) is 0 Å². The molecule has 30 heavy (non-hydrogen) atoms. The molecule has 2 heterocycles. The Labute approximate surface area is 176 Å². The minimum Gasteiger partial charge on any atom is -0.481 e. The summed E-state index contributed by atoms with van der Waals surface area (Å²) in [6, 6.07) is 4.80. The van der Waals surface area contributed by atoms with E-state index in [1.165, 1.54) is 13.2 Å². The quantitative estimate of drug-likeness (QED) is 0.368. The summed E-state index contributed by atoms with van der Waals surface area (Å²) in [6.07, 6.45) is 0.760. The van der Waals surface area contributed by atoms with Crippen LogP contribution in [-0.4, -0.2) is 41.1 Å². The molecule has 0 fully saturated rings. The van der Waals surface area contributed by atoms with Crippen molar-refractivity contribution in [3.8, 4) is 5.75 Å². The van der Waals surface area contributed by atoms with Crippen LogP contribution >= 0.6 is 11.8 Å². The normalized spacial score (nSPS) is 12.0. The molecule has 158 valence electrons. The van der Waals surface area contributed by atoms with Crippen LogP contribution in [0.15, 0.2) is 32.4 Å². The van der Waals surface area contributed by atoms with E-state index in [4.69, 9.17) is 19.6 Å². The molecule has 9 nitrogen and oxygen atoms in total. The molecule has 10 heteroatoms. The Morgan fingerprint density at radius 2 is 1.93 bits per heavy atom. The molecule has 3 rings (SSSR count). The third-order valence-electron chi connectivity index (χ3n) is 4.56. The lowest BCUT2D eigenvalue weighted by Crippen LogP contribution is -2.31. The van der Waals surface area contributed by atoms with Crippen molar-refractivity contribution in [1.82, 2.24) is 9.78 Å². The first-order valence-corrected chi connectivity index (χ1v) is 10.2. The van der Waals surface area contributed by atoms with Crippen LogP contribution in [0, 0.1) is 13.8 Å². The van der Waals surface area contributed by atoms with Crippen LogP contribution in [0.1, 0.15) is 33.2 Å². The van der Waals surface area contributed by atoms with Crippen LogP contribution in [0.2, 0.25) is 0 Å². The molecule has 0 saturated carbocycles. The van der Waals surface area contributed by atoms with Gasteiger partial charge in [0.2, 0.25) is 0 Å². The van der Waals surface area contributed by atoms with Gasteiger partial charge in [0.05, 0.1) is 7.11 Å². The molecule has 0 bridgehead atoms. The Balaban J connectivity index is 1.96. The number of thioether (sulfide) groups is 1. The standard InChI is InChI=1S/C20H21N3O6S/c1-9-7-15(24)29-14-6-10(2)13(8-12(9)14)28-11(3)18(25)23-19(30-5)16(17(21)22-23)20(26)27-4/h6-8,11H,1-5H3,(H2,21,22). The maximum absolute atomic E-state index is 13.0. The number of hydrogen-bond acceptors (Lipinski definition) is 9. The van der Waals surface area contributed by atoms with Gasteiger partial charge in [0.1, 0.15) is 21.9 Å². The molecule has 1 unspecified atom stereocenters. The number of carbonyl (C=O) groups excluding carboxylic acids is 2. The number of benzene rings is 1. The predicted molar refractivity (Wildman–Crippen MR) is 112 cm³/mol. The first-order chi connectivity index (χ1) is 14.2. The van der Waals surface area contributed by atoms with Crippen LogP contribution in [-0.2, 0) is 4.74 Å². The van der Waals surface area contributed by atoms with Gasteiger partial charge in [-0.3, -0.25) is 4.79 Å². The molecular formula is C20H21N3O6S. The minimum absolute atomic E-state index is 0.0399. The second-order valence-corrected chi connectivity index (χ2v) is 7.43. The third-order valence-corrected chi connectivity index (χ3v) is 5.32. The maximum Gasteiger partial charge on any atom is 0.344 e. The molecular weight excluding hydrogens is 410 g/mol. The average molecular weight is 431 g/mol. The summed E-state index contributed by atoms with van der Waals surface area (Å²) in [5.41, 5.74) is 7.30. The van der Waals surface area contributed by atoms with Gasteiger partial charge in [0.15, 0.2) is 11.9 Å². The fraction of sp³-hybridized carbons (Fsp3) is 0.300. The van der Waals surface area contributed by atoms with Crippen molar-refractivity contribution in [3.05, 3.63) is 45.3 Å². The van der Waals surface area contributed by atoms with Gasteiger partial charge in [-0.15, -0.1) is 16.9 Å². The zero-order chi connectivity index (χ0) is 22.2. The van der Waals surface area contributed by atoms with Crippen LogP contribution in [0.25, 0.3) is 11.0 Å². The number of aromatic nitrogens is 2. The van der Waals surface area contributed by atoms with Gasteiger partial charge >= 0.3 is 11.6 Å². The molecule has 1 atom stereocenters. The summed E-state index contributed by atoms with van der Waals surface area (Å²) >= 11 is 1.15. The number of esters is 1. The number of nitrogen functional groups attached to an aromatic ring is 1. The van der Waals surface area contributed by atoms with E-state index in [0.29, 0.717) is 22.3 Å². The van der Waals surface area contributed by atoms with Crippen LogP contribution in [0.4, 0.5) is 5.82 Å². The van der Waals surface area contributed by atoms with Gasteiger partial charge in [-0.05, 0) is 50.3 Å². The van der Waals surface area contributed by atoms with E-state index in [2.05, 4.69) is 5.10 Å². The Morgan fingerprint density at radius 3 is 2.57 bits per heavy atom. The van der Waals surface area contributed by atoms with Gasteiger partial charge in [-0.2, -0.15) is 4.68 Å². The highest BCUT2D eigenvalue weighted by Gasteiger charge is 2.29. The van der Waals surface area contributed by atoms with E-state index >= 15 is 0 Å². The molecule has 2 N–H and O–H groups in total. The van der Waals surface area contributed by atoms with E-state index in [-0.39, 0.29) is 16.4 Å². The maximum atomic E-state index is 13.0. The Hall–Kier alpha value is -3.27. The monoisotopic (exact) mass is 431 g/mol. The summed E-state index contributed by atoms with van der Waals surface area (Å²) < 4.78 is 16.9. The Kier molecular flexibility index (Phi) is 5.88. The van der Waals surface area contributed by atoms with Crippen molar-refractivity contribution < 1.29 is 23.5 Å². The Morgan fingerprint density at radius 1 is 1.23 bits per heavy atom. The van der Waals surface area contributed by atoms with Crippen molar-refractivity contribution in [2.75, 3.05) is 19.1 Å². The number of carbonyl (C=O) groups is 2. The average Bonchev–Trinajstić information content (AvgIpc) is 3.03. The predicted octanol–water partition coefficient (Wildman–Crippen LogP) is 2.80. The molecule has 3 aromatic rings. The molecule has 0 aliphatic carbocycles. The molecule has 1 aromatic carbocycles. The van der Waals surface area contributed by atoms with Gasteiger partial charge < -0.3 is 19.6 Å². The molecule has 0 amide bonds. The van der Waals surface area contributed by atoms with E-state index in [0.717, 1.165) is 22.0 Å². The lowest BCUT2D eigenvalue weighted by Gasteiger charge is -2.17. The lowest BCUT2D eigenvalue weighted by molar-refractivity contribution is 0.0596.